The molecule has 1 atom stereocenters. The van der Waals surface area contributed by atoms with Crippen LogP contribution < -0.4 is 10.1 Å². The number of amides is 1. The predicted octanol–water partition coefficient (Wildman–Crippen LogP) is 1.27. The van der Waals surface area contributed by atoms with Crippen molar-refractivity contribution in [2.24, 2.45) is 5.92 Å². The van der Waals surface area contributed by atoms with Gasteiger partial charge in [0.2, 0.25) is 5.91 Å². The number of rotatable bonds is 8. The first-order valence-electron chi connectivity index (χ1n) is 7.81. The summed E-state index contributed by atoms with van der Waals surface area (Å²) in [5.74, 6) is -2.78. The van der Waals surface area contributed by atoms with E-state index in [4.69, 9.17) is 4.74 Å². The third-order valence-corrected chi connectivity index (χ3v) is 6.32. The van der Waals surface area contributed by atoms with Gasteiger partial charge >= 0.3 is 5.97 Å². The molecule has 1 unspecified atom stereocenters. The minimum Gasteiger partial charge on any atom is -0.496 e. The van der Waals surface area contributed by atoms with Gasteiger partial charge in [-0.25, -0.2) is 8.42 Å². The maximum atomic E-state index is 12.0. The van der Waals surface area contributed by atoms with Crippen LogP contribution >= 0.6 is 0 Å². The van der Waals surface area contributed by atoms with Gasteiger partial charge in [0, 0.05) is 6.54 Å². The topological polar surface area (TPSA) is 110 Å². The van der Waals surface area contributed by atoms with Crippen LogP contribution in [0, 0.1) is 5.92 Å². The van der Waals surface area contributed by atoms with Crippen molar-refractivity contribution in [3.05, 3.63) is 29.8 Å². The molecular formula is C17H25NO6S. The first-order chi connectivity index (χ1) is 11.5. The highest BCUT2D eigenvalue weighted by atomic mass is 32.2. The van der Waals surface area contributed by atoms with Gasteiger partial charge in [0.05, 0.1) is 17.8 Å². The van der Waals surface area contributed by atoms with Gasteiger partial charge in [0.1, 0.15) is 11.5 Å². The van der Waals surface area contributed by atoms with Crippen LogP contribution in [-0.2, 0) is 25.8 Å². The number of aliphatic carboxylic acids is 1. The molecule has 1 amide bonds. The number of carbonyl (C=O) groups excluding carboxylic acids is 1. The standard InChI is InChI=1S/C17H25NO6S/c1-17(2,3)25(22,23)11-15(19)18-10-13(16(20)21)9-12-7-5-6-8-14(12)24-4/h5-8,13H,9-11H2,1-4H3,(H,18,19)(H,20,21). The van der Waals surface area contributed by atoms with Crippen molar-refractivity contribution < 1.29 is 27.9 Å². The lowest BCUT2D eigenvalue weighted by Crippen LogP contribution is -2.41. The van der Waals surface area contributed by atoms with Crippen molar-refractivity contribution in [1.29, 1.82) is 0 Å². The molecule has 0 aliphatic rings. The summed E-state index contributed by atoms with van der Waals surface area (Å²) in [6.07, 6.45) is 0.158. The number of hydrogen-bond acceptors (Lipinski definition) is 5. The molecule has 1 aromatic carbocycles. The molecule has 8 heteroatoms. The lowest BCUT2D eigenvalue weighted by Gasteiger charge is -2.19. The molecule has 0 aliphatic heterocycles. The molecule has 0 spiro atoms. The van der Waals surface area contributed by atoms with Gasteiger partial charge in [0.15, 0.2) is 9.84 Å². The Morgan fingerprint density at radius 1 is 1.24 bits per heavy atom. The molecule has 0 aliphatic carbocycles. The molecule has 25 heavy (non-hydrogen) atoms. The van der Waals surface area contributed by atoms with Gasteiger partial charge < -0.3 is 15.2 Å². The quantitative estimate of drug-likeness (QED) is 0.712. The van der Waals surface area contributed by atoms with Crippen molar-refractivity contribution in [3.8, 4) is 5.75 Å². The summed E-state index contributed by atoms with van der Waals surface area (Å²) in [6.45, 7) is 4.37. The zero-order valence-corrected chi connectivity index (χ0v) is 15.7. The third kappa shape index (κ3) is 6.04. The van der Waals surface area contributed by atoms with Crippen LogP contribution in [0.25, 0.3) is 0 Å². The van der Waals surface area contributed by atoms with Crippen LogP contribution in [0.3, 0.4) is 0 Å². The van der Waals surface area contributed by atoms with Gasteiger partial charge in [0.25, 0.3) is 0 Å². The molecule has 2 N–H and O–H groups in total. The average Bonchev–Trinajstić information content (AvgIpc) is 2.49. The van der Waals surface area contributed by atoms with E-state index < -0.39 is 38.1 Å². The summed E-state index contributed by atoms with van der Waals surface area (Å²) in [7, 11) is -2.12. The van der Waals surface area contributed by atoms with Gasteiger partial charge in [-0.15, -0.1) is 0 Å². The van der Waals surface area contributed by atoms with Gasteiger partial charge in [-0.1, -0.05) is 18.2 Å². The molecule has 0 fully saturated rings. The molecule has 0 saturated carbocycles. The van der Waals surface area contributed by atoms with E-state index in [1.807, 2.05) is 0 Å². The smallest absolute Gasteiger partial charge is 0.308 e. The van der Waals surface area contributed by atoms with E-state index in [9.17, 15) is 23.1 Å². The van der Waals surface area contributed by atoms with Crippen molar-refractivity contribution in [3.63, 3.8) is 0 Å². The van der Waals surface area contributed by atoms with Crippen LogP contribution in [0.15, 0.2) is 24.3 Å². The number of hydrogen-bond donors (Lipinski definition) is 2. The zero-order chi connectivity index (χ0) is 19.3. The van der Waals surface area contributed by atoms with Crippen LogP contribution in [0.4, 0.5) is 0 Å². The lowest BCUT2D eigenvalue weighted by molar-refractivity contribution is -0.141. The molecule has 0 saturated heterocycles. The summed E-state index contributed by atoms with van der Waals surface area (Å²) >= 11 is 0. The first-order valence-corrected chi connectivity index (χ1v) is 9.47. The number of methoxy groups -OCH3 is 1. The van der Waals surface area contributed by atoms with Crippen LogP contribution in [-0.4, -0.2) is 49.6 Å². The number of benzene rings is 1. The molecule has 0 radical (unpaired) electrons. The number of carboxylic acids is 1. The average molecular weight is 371 g/mol. The fraction of sp³-hybridized carbons (Fsp3) is 0.529. The lowest BCUT2D eigenvalue weighted by atomic mass is 9.98. The Kier molecular flexibility index (Phi) is 6.98. The van der Waals surface area contributed by atoms with Gasteiger partial charge in [-0.2, -0.15) is 0 Å². The Morgan fingerprint density at radius 3 is 2.36 bits per heavy atom. The number of carboxylic acid groups (broad SMARTS) is 1. The number of ether oxygens (including phenoxy) is 1. The highest BCUT2D eigenvalue weighted by Gasteiger charge is 2.31. The van der Waals surface area contributed by atoms with E-state index in [1.165, 1.54) is 27.9 Å². The van der Waals surface area contributed by atoms with E-state index in [0.717, 1.165) is 0 Å². The molecular weight excluding hydrogens is 346 g/mol. The monoisotopic (exact) mass is 371 g/mol. The summed E-state index contributed by atoms with van der Waals surface area (Å²) in [6, 6.07) is 7.02. The molecule has 7 nitrogen and oxygen atoms in total. The van der Waals surface area contributed by atoms with Crippen molar-refractivity contribution in [2.45, 2.75) is 31.9 Å². The van der Waals surface area contributed by atoms with Crippen molar-refractivity contribution in [2.75, 3.05) is 19.4 Å². The normalized spacial score (nSPS) is 13.1. The largest absolute Gasteiger partial charge is 0.496 e. The van der Waals surface area contributed by atoms with E-state index in [2.05, 4.69) is 5.32 Å². The number of para-hydroxylation sites is 1. The Morgan fingerprint density at radius 2 is 1.84 bits per heavy atom. The van der Waals surface area contributed by atoms with E-state index in [-0.39, 0.29) is 13.0 Å². The SMILES string of the molecule is COc1ccccc1CC(CNC(=O)CS(=O)(=O)C(C)(C)C)C(=O)O. The number of carbonyl (C=O) groups is 2. The zero-order valence-electron chi connectivity index (χ0n) is 14.9. The second-order valence-electron chi connectivity index (χ2n) is 6.73. The minimum atomic E-state index is -3.61. The Bertz CT molecular complexity index is 721. The Hall–Kier alpha value is -2.09. The first kappa shape index (κ1) is 21.0. The molecule has 0 bridgehead atoms. The van der Waals surface area contributed by atoms with Crippen molar-refractivity contribution >= 4 is 21.7 Å². The second kappa shape index (κ2) is 8.33. The predicted molar refractivity (Wildman–Crippen MR) is 94.4 cm³/mol. The van der Waals surface area contributed by atoms with Crippen LogP contribution in [0.2, 0.25) is 0 Å². The fourth-order valence-electron chi connectivity index (χ4n) is 2.06. The maximum absolute atomic E-state index is 12.0. The highest BCUT2D eigenvalue weighted by Crippen LogP contribution is 2.21. The van der Waals surface area contributed by atoms with Crippen LogP contribution in [0.1, 0.15) is 26.3 Å². The van der Waals surface area contributed by atoms with Gasteiger partial charge in [-0.05, 0) is 38.8 Å². The fourth-order valence-corrected chi connectivity index (χ4v) is 2.94. The van der Waals surface area contributed by atoms with E-state index in [1.54, 1.807) is 24.3 Å². The molecule has 0 aromatic heterocycles. The van der Waals surface area contributed by atoms with Crippen LogP contribution in [0.5, 0.6) is 5.75 Å². The van der Waals surface area contributed by atoms with E-state index >= 15 is 0 Å². The third-order valence-electron chi connectivity index (χ3n) is 3.81. The summed E-state index contributed by atoms with van der Waals surface area (Å²) in [4.78, 5) is 23.4. The van der Waals surface area contributed by atoms with Gasteiger partial charge in [-0.3, -0.25) is 9.59 Å². The molecule has 140 valence electrons. The summed E-state index contributed by atoms with van der Waals surface area (Å²) in [5.41, 5.74) is 0.703. The van der Waals surface area contributed by atoms with Crippen molar-refractivity contribution in [1.82, 2.24) is 5.32 Å². The summed E-state index contributed by atoms with van der Waals surface area (Å²) < 4.78 is 28.2. The highest BCUT2D eigenvalue weighted by molar-refractivity contribution is 7.93. The number of nitrogens with one attached hydrogen (secondary N) is 1. The van der Waals surface area contributed by atoms with E-state index in [0.29, 0.717) is 11.3 Å². The Labute approximate surface area is 148 Å². The minimum absolute atomic E-state index is 0.158. The number of sulfone groups is 1. The molecule has 1 rings (SSSR count). The maximum Gasteiger partial charge on any atom is 0.308 e. The molecule has 0 heterocycles. The Balaban J connectivity index is 2.74. The summed E-state index contributed by atoms with van der Waals surface area (Å²) in [5, 5.41) is 11.8. The molecule has 1 aromatic rings. The second-order valence-corrected chi connectivity index (χ2v) is 9.47.